The number of aromatic nitrogens is 2. The molecule has 1 aliphatic rings. The van der Waals surface area contributed by atoms with Crippen LogP contribution >= 0.6 is 0 Å². The molecular weight excluding hydrogens is 176 g/mol. The van der Waals surface area contributed by atoms with Crippen LogP contribution in [0.3, 0.4) is 0 Å². The van der Waals surface area contributed by atoms with Crippen LogP contribution in [-0.2, 0) is 4.74 Å². The van der Waals surface area contributed by atoms with Crippen LogP contribution in [0.2, 0.25) is 0 Å². The van der Waals surface area contributed by atoms with Gasteiger partial charge in [0.25, 0.3) is 0 Å². The Balaban J connectivity index is 1.90. The lowest BCUT2D eigenvalue weighted by molar-refractivity contribution is 0.127. The van der Waals surface area contributed by atoms with Gasteiger partial charge in [-0.3, -0.25) is 0 Å². The van der Waals surface area contributed by atoms with Gasteiger partial charge in [-0.25, -0.2) is 9.97 Å². The first-order valence-electron chi connectivity index (χ1n) is 4.80. The molecule has 1 aromatic rings. The third-order valence-corrected chi connectivity index (χ3v) is 2.05. The summed E-state index contributed by atoms with van der Waals surface area (Å²) in [5.74, 6) is 7.03. The lowest BCUT2D eigenvalue weighted by Crippen LogP contribution is -1.94. The highest BCUT2D eigenvalue weighted by Gasteiger charge is 2.36. The molecule has 0 aliphatic heterocycles. The van der Waals surface area contributed by atoms with E-state index < -0.39 is 0 Å². The summed E-state index contributed by atoms with van der Waals surface area (Å²) >= 11 is 0. The van der Waals surface area contributed by atoms with Gasteiger partial charge in [0.2, 0.25) is 5.82 Å². The molecule has 3 heteroatoms. The Bertz CT molecular complexity index is 353. The fourth-order valence-electron chi connectivity index (χ4n) is 1.24. The van der Waals surface area contributed by atoms with E-state index in [1.54, 1.807) is 18.5 Å². The summed E-state index contributed by atoms with van der Waals surface area (Å²) in [6.07, 6.45) is 4.79. The van der Waals surface area contributed by atoms with E-state index in [-0.39, 0.29) is 0 Å². The zero-order valence-electron chi connectivity index (χ0n) is 8.10. The predicted octanol–water partition coefficient (Wildman–Crippen LogP) is 1.25. The van der Waals surface area contributed by atoms with Gasteiger partial charge in [-0.15, -0.1) is 0 Å². The molecule has 0 aromatic carbocycles. The van der Waals surface area contributed by atoms with Crippen molar-refractivity contribution in [1.82, 2.24) is 9.97 Å². The number of hydrogen-bond donors (Lipinski definition) is 0. The zero-order chi connectivity index (χ0) is 9.80. The van der Waals surface area contributed by atoms with Crippen molar-refractivity contribution in [2.75, 3.05) is 6.61 Å². The Hall–Kier alpha value is -1.40. The lowest BCUT2D eigenvalue weighted by Gasteiger charge is -1.92. The van der Waals surface area contributed by atoms with Crippen LogP contribution in [0.15, 0.2) is 18.5 Å². The zero-order valence-corrected chi connectivity index (χ0v) is 8.10. The first-order valence-corrected chi connectivity index (χ1v) is 4.80. The molecule has 3 nitrogen and oxygen atoms in total. The topological polar surface area (TPSA) is 35.0 Å². The first-order chi connectivity index (χ1) is 6.90. The number of hydrogen-bond acceptors (Lipinski definition) is 3. The molecule has 1 fully saturated rings. The van der Waals surface area contributed by atoms with Crippen LogP contribution in [0.1, 0.15) is 19.2 Å². The van der Waals surface area contributed by atoms with Crippen molar-refractivity contribution >= 4 is 0 Å². The van der Waals surface area contributed by atoms with E-state index in [0.29, 0.717) is 17.8 Å². The summed E-state index contributed by atoms with van der Waals surface area (Å²) in [6, 6.07) is 1.78. The van der Waals surface area contributed by atoms with Crippen LogP contribution in [-0.4, -0.2) is 22.7 Å². The fraction of sp³-hybridized carbons (Fsp3) is 0.455. The second kappa shape index (κ2) is 4.21. The van der Waals surface area contributed by atoms with Crippen LogP contribution in [0.5, 0.6) is 0 Å². The summed E-state index contributed by atoms with van der Waals surface area (Å²) in [5.41, 5.74) is 0. The van der Waals surface area contributed by atoms with E-state index in [1.165, 1.54) is 0 Å². The van der Waals surface area contributed by atoms with Gasteiger partial charge in [-0.2, -0.15) is 0 Å². The minimum absolute atomic E-state index is 0.344. The van der Waals surface area contributed by atoms with Crippen molar-refractivity contribution < 1.29 is 4.74 Å². The monoisotopic (exact) mass is 188 g/mol. The van der Waals surface area contributed by atoms with Gasteiger partial charge >= 0.3 is 0 Å². The molecule has 1 saturated carbocycles. The molecule has 2 atom stereocenters. The Labute approximate surface area is 83.5 Å². The smallest absolute Gasteiger partial charge is 0.204 e. The van der Waals surface area contributed by atoms with Crippen molar-refractivity contribution in [2.45, 2.75) is 19.4 Å². The molecule has 2 rings (SSSR count). The Kier molecular flexibility index (Phi) is 2.76. The van der Waals surface area contributed by atoms with E-state index in [0.717, 1.165) is 13.0 Å². The second-order valence-electron chi connectivity index (χ2n) is 3.18. The van der Waals surface area contributed by atoms with Crippen molar-refractivity contribution in [3.8, 4) is 11.8 Å². The summed E-state index contributed by atoms with van der Waals surface area (Å²) < 4.78 is 5.41. The predicted molar refractivity (Wildman–Crippen MR) is 52.4 cm³/mol. The SMILES string of the molecule is CCO[C@H]1C[C@@H]1C#Cc1ncccn1. The van der Waals surface area contributed by atoms with Crippen LogP contribution in [0.25, 0.3) is 0 Å². The molecule has 0 bridgehead atoms. The summed E-state index contributed by atoms with van der Waals surface area (Å²) in [7, 11) is 0. The van der Waals surface area contributed by atoms with Gasteiger partial charge in [0.05, 0.1) is 6.10 Å². The summed E-state index contributed by atoms with van der Waals surface area (Å²) in [5, 5.41) is 0. The highest BCUT2D eigenvalue weighted by atomic mass is 16.5. The standard InChI is InChI=1S/C11H12N2O/c1-2-14-10-8-9(10)4-5-11-12-6-3-7-13-11/h3,6-7,9-10H,2,8H2,1H3/t9-,10-/m0/s1. The van der Waals surface area contributed by atoms with Crippen molar-refractivity contribution in [1.29, 1.82) is 0 Å². The Morgan fingerprint density at radius 3 is 3.00 bits per heavy atom. The number of rotatable bonds is 2. The molecule has 14 heavy (non-hydrogen) atoms. The molecule has 1 aliphatic carbocycles. The maximum atomic E-state index is 5.41. The largest absolute Gasteiger partial charge is 0.377 e. The highest BCUT2D eigenvalue weighted by Crippen LogP contribution is 2.32. The van der Waals surface area contributed by atoms with E-state index in [9.17, 15) is 0 Å². The van der Waals surface area contributed by atoms with Gasteiger partial charge in [0, 0.05) is 24.9 Å². The average molecular weight is 188 g/mol. The highest BCUT2D eigenvalue weighted by molar-refractivity contribution is 5.24. The van der Waals surface area contributed by atoms with Crippen LogP contribution in [0.4, 0.5) is 0 Å². The van der Waals surface area contributed by atoms with Crippen molar-refractivity contribution in [3.63, 3.8) is 0 Å². The molecule has 0 spiro atoms. The molecule has 0 unspecified atom stereocenters. The maximum absolute atomic E-state index is 5.41. The van der Waals surface area contributed by atoms with Crippen LogP contribution in [0, 0.1) is 17.8 Å². The Morgan fingerprint density at radius 2 is 2.29 bits per heavy atom. The second-order valence-corrected chi connectivity index (χ2v) is 3.18. The van der Waals surface area contributed by atoms with Crippen LogP contribution < -0.4 is 0 Å². The molecule has 1 heterocycles. The number of ether oxygens (including phenoxy) is 1. The molecule has 0 amide bonds. The lowest BCUT2D eigenvalue weighted by atomic mass is 10.4. The summed E-state index contributed by atoms with van der Waals surface area (Å²) in [4.78, 5) is 8.05. The molecule has 1 aromatic heterocycles. The van der Waals surface area contributed by atoms with Crippen molar-refractivity contribution in [2.24, 2.45) is 5.92 Å². The van der Waals surface area contributed by atoms with Gasteiger partial charge < -0.3 is 4.74 Å². The van der Waals surface area contributed by atoms with E-state index in [4.69, 9.17) is 4.74 Å². The van der Waals surface area contributed by atoms with Gasteiger partial charge in [0.15, 0.2) is 0 Å². The summed E-state index contributed by atoms with van der Waals surface area (Å²) in [6.45, 7) is 2.77. The molecule has 0 N–H and O–H groups in total. The molecular formula is C11H12N2O. The average Bonchev–Trinajstić information content (AvgIpc) is 2.96. The minimum Gasteiger partial charge on any atom is -0.377 e. The minimum atomic E-state index is 0.344. The molecule has 0 saturated heterocycles. The van der Waals surface area contributed by atoms with Gasteiger partial charge in [0.1, 0.15) is 0 Å². The third-order valence-electron chi connectivity index (χ3n) is 2.05. The molecule has 0 radical (unpaired) electrons. The van der Waals surface area contributed by atoms with Crippen molar-refractivity contribution in [3.05, 3.63) is 24.3 Å². The Morgan fingerprint density at radius 1 is 1.50 bits per heavy atom. The molecule has 72 valence electrons. The quantitative estimate of drug-likeness (QED) is 0.655. The van der Waals surface area contributed by atoms with E-state index >= 15 is 0 Å². The van der Waals surface area contributed by atoms with Gasteiger partial charge in [-0.05, 0) is 25.3 Å². The first kappa shape index (κ1) is 9.17. The number of nitrogens with zero attached hydrogens (tertiary/aromatic N) is 2. The van der Waals surface area contributed by atoms with E-state index in [2.05, 4.69) is 21.8 Å². The maximum Gasteiger partial charge on any atom is 0.204 e. The normalized spacial score (nSPS) is 23.8. The fourth-order valence-corrected chi connectivity index (χ4v) is 1.24. The third kappa shape index (κ3) is 2.30. The van der Waals surface area contributed by atoms with Gasteiger partial charge in [-0.1, -0.05) is 5.92 Å². The van der Waals surface area contributed by atoms with E-state index in [1.807, 2.05) is 6.92 Å².